The highest BCUT2D eigenvalue weighted by Crippen LogP contribution is 2.13. The smallest absolute Gasteiger partial charge is 0.119 e. The van der Waals surface area contributed by atoms with Crippen molar-refractivity contribution in [2.75, 3.05) is 19.9 Å². The van der Waals surface area contributed by atoms with E-state index in [0.29, 0.717) is 5.84 Å². The van der Waals surface area contributed by atoms with Crippen molar-refractivity contribution in [3.8, 4) is 0 Å². The molecule has 0 amide bonds. The average molecular weight is 427 g/mol. The Morgan fingerprint density at radius 1 is 0.667 bits per heavy atom. The number of hydrazone groups is 1. The monoisotopic (exact) mass is 426 g/mol. The van der Waals surface area contributed by atoms with E-state index >= 15 is 0 Å². The van der Waals surface area contributed by atoms with Crippen molar-refractivity contribution in [2.24, 2.45) is 16.7 Å². The SMILES string of the molecule is CCCCCCNCOCCCCCCCCCCCCCCCCC/C(N)=N/N. The zero-order chi connectivity index (χ0) is 22.0. The second kappa shape index (κ2) is 26.2. The highest BCUT2D eigenvalue weighted by atomic mass is 16.5. The largest absolute Gasteiger partial charge is 0.386 e. The minimum Gasteiger partial charge on any atom is -0.386 e. The van der Waals surface area contributed by atoms with E-state index in [9.17, 15) is 0 Å². The van der Waals surface area contributed by atoms with Gasteiger partial charge in [0.15, 0.2) is 0 Å². The van der Waals surface area contributed by atoms with Crippen molar-refractivity contribution in [3.63, 3.8) is 0 Å². The molecule has 0 radical (unpaired) electrons. The maximum absolute atomic E-state index is 5.65. The third kappa shape index (κ3) is 25.2. The Hall–Kier alpha value is -0.810. The van der Waals surface area contributed by atoms with Gasteiger partial charge in [-0.15, -0.1) is 0 Å². The molecule has 0 spiro atoms. The Bertz CT molecular complexity index is 350. The predicted octanol–water partition coefficient (Wildman–Crippen LogP) is 6.60. The molecule has 5 N–H and O–H groups in total. The van der Waals surface area contributed by atoms with Crippen LogP contribution < -0.4 is 16.9 Å². The van der Waals surface area contributed by atoms with Crippen molar-refractivity contribution in [2.45, 2.75) is 135 Å². The topological polar surface area (TPSA) is 85.7 Å². The summed E-state index contributed by atoms with van der Waals surface area (Å²) in [5.41, 5.74) is 5.59. The molecule has 5 heteroatoms. The molecule has 0 aromatic rings. The molecule has 0 aromatic carbocycles. The molecule has 0 atom stereocenters. The van der Waals surface area contributed by atoms with E-state index in [1.54, 1.807) is 0 Å². The number of nitrogens with two attached hydrogens (primary N) is 2. The fourth-order valence-electron chi connectivity index (χ4n) is 3.77. The fraction of sp³-hybridized carbons (Fsp3) is 0.960. The van der Waals surface area contributed by atoms with Crippen LogP contribution in [0.25, 0.3) is 0 Å². The Kier molecular flexibility index (Phi) is 25.5. The summed E-state index contributed by atoms with van der Waals surface area (Å²) in [5.74, 6) is 5.71. The van der Waals surface area contributed by atoms with E-state index in [1.807, 2.05) is 0 Å². The molecule has 5 nitrogen and oxygen atoms in total. The third-order valence-corrected chi connectivity index (χ3v) is 5.80. The molecule has 0 bridgehead atoms. The van der Waals surface area contributed by atoms with Crippen LogP contribution in [0, 0.1) is 0 Å². The van der Waals surface area contributed by atoms with Crippen LogP contribution in [0.1, 0.15) is 135 Å². The van der Waals surface area contributed by atoms with Crippen LogP contribution >= 0.6 is 0 Å². The lowest BCUT2D eigenvalue weighted by Crippen LogP contribution is -2.19. The molecular weight excluding hydrogens is 372 g/mol. The minimum atomic E-state index is 0.584. The van der Waals surface area contributed by atoms with Gasteiger partial charge in [0.05, 0.1) is 6.73 Å². The summed E-state index contributed by atoms with van der Waals surface area (Å²) in [6.07, 6.45) is 26.4. The number of unbranched alkanes of at least 4 members (excludes halogenated alkanes) is 17. The second-order valence-electron chi connectivity index (χ2n) is 8.79. The zero-order valence-corrected chi connectivity index (χ0v) is 20.3. The summed E-state index contributed by atoms with van der Waals surface area (Å²) < 4.78 is 5.65. The van der Waals surface area contributed by atoms with Gasteiger partial charge in [-0.05, 0) is 25.8 Å². The molecule has 0 aliphatic rings. The summed E-state index contributed by atoms with van der Waals surface area (Å²) in [6, 6.07) is 0. The van der Waals surface area contributed by atoms with Crippen LogP contribution in [0.2, 0.25) is 0 Å². The quantitative estimate of drug-likeness (QED) is 0.0383. The summed E-state index contributed by atoms with van der Waals surface area (Å²) in [4.78, 5) is 0. The molecule has 30 heavy (non-hydrogen) atoms. The second-order valence-corrected chi connectivity index (χ2v) is 8.79. The normalized spacial score (nSPS) is 12.0. The van der Waals surface area contributed by atoms with Gasteiger partial charge >= 0.3 is 0 Å². The van der Waals surface area contributed by atoms with Gasteiger partial charge in [-0.1, -0.05) is 110 Å². The van der Waals surface area contributed by atoms with E-state index in [0.717, 1.165) is 32.7 Å². The molecule has 0 saturated carbocycles. The first kappa shape index (κ1) is 29.2. The molecule has 0 aliphatic heterocycles. The lowest BCUT2D eigenvalue weighted by atomic mass is 10.0. The van der Waals surface area contributed by atoms with Crippen LogP contribution in [0.3, 0.4) is 0 Å². The van der Waals surface area contributed by atoms with Gasteiger partial charge in [-0.3, -0.25) is 5.32 Å². The Balaban J connectivity index is 3.02. The lowest BCUT2D eigenvalue weighted by Gasteiger charge is -2.06. The molecule has 0 aromatic heterocycles. The van der Waals surface area contributed by atoms with Gasteiger partial charge in [-0.2, -0.15) is 5.10 Å². The number of hydrogen-bond donors (Lipinski definition) is 3. The minimum absolute atomic E-state index is 0.584. The Labute approximate surface area is 188 Å². The van der Waals surface area contributed by atoms with E-state index in [4.69, 9.17) is 16.3 Å². The third-order valence-electron chi connectivity index (χ3n) is 5.80. The van der Waals surface area contributed by atoms with Crippen LogP contribution in [-0.4, -0.2) is 25.7 Å². The van der Waals surface area contributed by atoms with Gasteiger partial charge in [0.1, 0.15) is 5.84 Å². The van der Waals surface area contributed by atoms with Gasteiger partial charge in [-0.25, -0.2) is 0 Å². The van der Waals surface area contributed by atoms with Gasteiger partial charge in [0, 0.05) is 13.0 Å². The molecular formula is C25H54N4O. The Morgan fingerprint density at radius 3 is 1.63 bits per heavy atom. The number of hydrogen-bond acceptors (Lipinski definition) is 4. The van der Waals surface area contributed by atoms with Gasteiger partial charge in [0.25, 0.3) is 0 Å². The maximum Gasteiger partial charge on any atom is 0.119 e. The predicted molar refractivity (Wildman–Crippen MR) is 133 cm³/mol. The van der Waals surface area contributed by atoms with Crippen LogP contribution in [0.15, 0.2) is 5.10 Å². The summed E-state index contributed by atoms with van der Waals surface area (Å²) in [6.45, 7) is 4.99. The first-order valence-corrected chi connectivity index (χ1v) is 13.1. The first-order valence-electron chi connectivity index (χ1n) is 13.1. The van der Waals surface area contributed by atoms with E-state index in [-0.39, 0.29) is 0 Å². The van der Waals surface area contributed by atoms with Crippen molar-refractivity contribution in [3.05, 3.63) is 0 Å². The number of amidine groups is 1. The zero-order valence-electron chi connectivity index (χ0n) is 20.3. The lowest BCUT2D eigenvalue weighted by molar-refractivity contribution is 0.112. The van der Waals surface area contributed by atoms with Crippen molar-refractivity contribution in [1.82, 2.24) is 5.32 Å². The number of nitrogens with one attached hydrogen (secondary N) is 1. The van der Waals surface area contributed by atoms with Crippen molar-refractivity contribution in [1.29, 1.82) is 0 Å². The van der Waals surface area contributed by atoms with E-state index in [2.05, 4.69) is 17.3 Å². The molecule has 0 saturated heterocycles. The van der Waals surface area contributed by atoms with Crippen molar-refractivity contribution < 1.29 is 4.74 Å². The van der Waals surface area contributed by atoms with Crippen LogP contribution in [0.4, 0.5) is 0 Å². The number of nitrogens with zero attached hydrogens (tertiary/aromatic N) is 1. The average Bonchev–Trinajstić information content (AvgIpc) is 2.76. The fourth-order valence-corrected chi connectivity index (χ4v) is 3.77. The summed E-state index contributed by atoms with van der Waals surface area (Å²) in [5, 5.41) is 6.87. The van der Waals surface area contributed by atoms with E-state index in [1.165, 1.54) is 116 Å². The summed E-state index contributed by atoms with van der Waals surface area (Å²) in [7, 11) is 0. The van der Waals surface area contributed by atoms with E-state index < -0.39 is 0 Å². The van der Waals surface area contributed by atoms with Gasteiger partial charge < -0.3 is 16.3 Å². The van der Waals surface area contributed by atoms with Crippen LogP contribution in [0.5, 0.6) is 0 Å². The standard InChI is InChI=1S/C25H54N4O/c1-2-3-4-19-22-28-24-30-23-20-17-15-13-11-9-7-5-6-8-10-12-14-16-18-21-25(26)29-27/h28H,2-24,27H2,1H3,(H2,26,29). The van der Waals surface area contributed by atoms with Crippen LogP contribution in [-0.2, 0) is 4.74 Å². The first-order chi connectivity index (χ1) is 14.8. The Morgan fingerprint density at radius 2 is 1.13 bits per heavy atom. The van der Waals surface area contributed by atoms with Crippen molar-refractivity contribution >= 4 is 5.84 Å². The molecule has 0 aliphatic carbocycles. The highest BCUT2D eigenvalue weighted by Gasteiger charge is 1.96. The molecule has 0 heterocycles. The number of ether oxygens (including phenoxy) is 1. The molecule has 0 fully saturated rings. The maximum atomic E-state index is 5.65. The molecule has 0 unspecified atom stereocenters. The summed E-state index contributed by atoms with van der Waals surface area (Å²) >= 11 is 0. The van der Waals surface area contributed by atoms with Gasteiger partial charge in [0.2, 0.25) is 0 Å². The number of rotatable bonds is 25. The molecule has 0 rings (SSSR count). The highest BCUT2D eigenvalue weighted by molar-refractivity contribution is 5.79. The molecule has 180 valence electrons.